The lowest BCUT2D eigenvalue weighted by molar-refractivity contribution is 0.397. The first-order chi connectivity index (χ1) is 13.8. The van der Waals surface area contributed by atoms with Gasteiger partial charge in [-0.3, -0.25) is 0 Å². The van der Waals surface area contributed by atoms with E-state index in [1.54, 1.807) is 11.3 Å². The van der Waals surface area contributed by atoms with Crippen LogP contribution in [-0.2, 0) is 6.42 Å². The SMILES string of the molecule is CN1C(=Nc2ccc(CCNc3nc4ccccc4s3)cc2)SC2CCC[C@H]21. The van der Waals surface area contributed by atoms with Crippen LogP contribution >= 0.6 is 23.1 Å². The fourth-order valence-corrected chi connectivity index (χ4v) is 6.44. The number of thioether (sulfide) groups is 1. The molecule has 2 heterocycles. The zero-order valence-corrected chi connectivity index (χ0v) is 17.6. The number of hydrogen-bond donors (Lipinski definition) is 1. The van der Waals surface area contributed by atoms with Crippen molar-refractivity contribution >= 4 is 49.3 Å². The third-order valence-corrected chi connectivity index (χ3v) is 8.06. The predicted octanol–water partition coefficient (Wildman–Crippen LogP) is 5.54. The summed E-state index contributed by atoms with van der Waals surface area (Å²) < 4.78 is 1.23. The van der Waals surface area contributed by atoms with E-state index in [2.05, 4.69) is 64.7 Å². The Kier molecular flexibility index (Phi) is 4.99. The van der Waals surface area contributed by atoms with E-state index in [1.807, 2.05) is 17.8 Å². The first-order valence-corrected chi connectivity index (χ1v) is 11.6. The Labute approximate surface area is 174 Å². The van der Waals surface area contributed by atoms with Crippen molar-refractivity contribution in [2.24, 2.45) is 4.99 Å². The van der Waals surface area contributed by atoms with Crippen LogP contribution in [0.4, 0.5) is 10.8 Å². The maximum atomic E-state index is 4.90. The number of thiazole rings is 1. The first-order valence-electron chi connectivity index (χ1n) is 9.93. The summed E-state index contributed by atoms with van der Waals surface area (Å²) in [5.41, 5.74) is 3.44. The fraction of sp³-hybridized carbons (Fsp3) is 0.364. The molecule has 144 valence electrons. The minimum absolute atomic E-state index is 0.691. The lowest BCUT2D eigenvalue weighted by Crippen LogP contribution is -2.30. The summed E-state index contributed by atoms with van der Waals surface area (Å²) in [6.07, 6.45) is 4.98. The fourth-order valence-electron chi connectivity index (χ4n) is 4.06. The molecule has 6 heteroatoms. The van der Waals surface area contributed by atoms with Gasteiger partial charge in [-0.05, 0) is 49.1 Å². The second kappa shape index (κ2) is 7.76. The number of amidine groups is 1. The zero-order valence-electron chi connectivity index (χ0n) is 16.0. The Morgan fingerprint density at radius 1 is 1.14 bits per heavy atom. The summed E-state index contributed by atoms with van der Waals surface area (Å²) in [6.45, 7) is 0.885. The predicted molar refractivity (Wildman–Crippen MR) is 122 cm³/mol. The van der Waals surface area contributed by atoms with Crippen molar-refractivity contribution < 1.29 is 0 Å². The lowest BCUT2D eigenvalue weighted by Gasteiger charge is -2.19. The largest absolute Gasteiger partial charge is 0.361 e. The van der Waals surface area contributed by atoms with Gasteiger partial charge in [-0.1, -0.05) is 53.8 Å². The first kappa shape index (κ1) is 18.0. The zero-order chi connectivity index (χ0) is 18.9. The molecule has 0 amide bonds. The highest BCUT2D eigenvalue weighted by Gasteiger charge is 2.39. The number of aliphatic imine (C=N–C) groups is 1. The van der Waals surface area contributed by atoms with E-state index in [-0.39, 0.29) is 0 Å². The van der Waals surface area contributed by atoms with Gasteiger partial charge >= 0.3 is 0 Å². The van der Waals surface area contributed by atoms with Gasteiger partial charge in [0.05, 0.1) is 15.9 Å². The molecular weight excluding hydrogens is 384 g/mol. The van der Waals surface area contributed by atoms with Gasteiger partial charge in [0.2, 0.25) is 0 Å². The van der Waals surface area contributed by atoms with Gasteiger partial charge in [-0.25, -0.2) is 9.98 Å². The molecule has 2 aliphatic rings. The third-order valence-electron chi connectivity index (χ3n) is 5.62. The van der Waals surface area contributed by atoms with Crippen molar-refractivity contribution in [1.29, 1.82) is 0 Å². The molecule has 28 heavy (non-hydrogen) atoms. The summed E-state index contributed by atoms with van der Waals surface area (Å²) in [4.78, 5) is 11.9. The van der Waals surface area contributed by atoms with Gasteiger partial charge in [0.15, 0.2) is 10.3 Å². The molecule has 0 bridgehead atoms. The number of nitrogens with zero attached hydrogens (tertiary/aromatic N) is 3. The number of hydrogen-bond acceptors (Lipinski definition) is 5. The summed E-state index contributed by atoms with van der Waals surface area (Å²) in [7, 11) is 2.20. The minimum Gasteiger partial charge on any atom is -0.361 e. The number of aromatic nitrogens is 1. The molecule has 2 fully saturated rings. The number of anilines is 1. The maximum Gasteiger partial charge on any atom is 0.183 e. The molecule has 5 rings (SSSR count). The number of nitrogens with one attached hydrogen (secondary N) is 1. The average molecular weight is 409 g/mol. The van der Waals surface area contributed by atoms with Crippen LogP contribution in [0, 0.1) is 0 Å². The van der Waals surface area contributed by atoms with Crippen LogP contribution in [0.1, 0.15) is 24.8 Å². The van der Waals surface area contributed by atoms with Gasteiger partial charge in [-0.2, -0.15) is 0 Å². The molecule has 0 spiro atoms. The van der Waals surface area contributed by atoms with E-state index in [0.717, 1.165) is 34.6 Å². The van der Waals surface area contributed by atoms with Gasteiger partial charge in [-0.15, -0.1) is 0 Å². The molecular formula is C22H24N4S2. The van der Waals surface area contributed by atoms with Crippen molar-refractivity contribution in [3.05, 3.63) is 54.1 Å². The van der Waals surface area contributed by atoms with E-state index in [1.165, 1.54) is 34.7 Å². The van der Waals surface area contributed by atoms with Gasteiger partial charge < -0.3 is 10.2 Å². The second-order valence-corrected chi connectivity index (χ2v) is 9.73. The number of fused-ring (bicyclic) bond motifs is 2. The molecule has 1 aromatic heterocycles. The highest BCUT2D eigenvalue weighted by molar-refractivity contribution is 8.14. The van der Waals surface area contributed by atoms with Gasteiger partial charge in [0, 0.05) is 24.9 Å². The van der Waals surface area contributed by atoms with Gasteiger partial charge in [0.25, 0.3) is 0 Å². The normalized spacial score (nSPS) is 22.9. The molecule has 0 radical (unpaired) electrons. The molecule has 1 unspecified atom stereocenters. The number of benzene rings is 2. The summed E-state index contributed by atoms with van der Waals surface area (Å²) in [5, 5.41) is 6.38. The van der Waals surface area contributed by atoms with Crippen LogP contribution in [-0.4, -0.2) is 39.9 Å². The van der Waals surface area contributed by atoms with Crippen LogP contribution in [0.3, 0.4) is 0 Å². The van der Waals surface area contributed by atoms with Crippen LogP contribution in [0.2, 0.25) is 0 Å². The van der Waals surface area contributed by atoms with E-state index in [0.29, 0.717) is 6.04 Å². The standard InChI is InChI=1S/C22H24N4S2/c1-26-18-6-4-8-20(18)28-22(26)24-16-11-9-15(10-12-16)13-14-23-21-25-17-5-2-3-7-19(17)27-21/h2-3,5,7,9-12,18,20H,4,6,8,13-14H2,1H3,(H,23,25)/t18-,20?/m1/s1. The quantitative estimate of drug-likeness (QED) is 0.602. The Morgan fingerprint density at radius 2 is 2.00 bits per heavy atom. The molecule has 2 aromatic carbocycles. The highest BCUT2D eigenvalue weighted by Crippen LogP contribution is 2.41. The second-order valence-electron chi connectivity index (χ2n) is 7.49. The van der Waals surface area contributed by atoms with Crippen LogP contribution in [0.25, 0.3) is 10.2 Å². The van der Waals surface area contributed by atoms with Crippen LogP contribution in [0.15, 0.2) is 53.5 Å². The van der Waals surface area contributed by atoms with Gasteiger partial charge in [0.1, 0.15) is 0 Å². The van der Waals surface area contributed by atoms with E-state index < -0.39 is 0 Å². The van der Waals surface area contributed by atoms with Crippen LogP contribution in [0.5, 0.6) is 0 Å². The smallest absolute Gasteiger partial charge is 0.183 e. The Balaban J connectivity index is 1.18. The summed E-state index contributed by atoms with van der Waals surface area (Å²) in [5.74, 6) is 0. The average Bonchev–Trinajstić information content (AvgIpc) is 3.40. The molecule has 1 saturated heterocycles. The van der Waals surface area contributed by atoms with Crippen molar-refractivity contribution in [2.75, 3.05) is 18.9 Å². The topological polar surface area (TPSA) is 40.5 Å². The molecule has 1 saturated carbocycles. The summed E-state index contributed by atoms with van der Waals surface area (Å²) >= 11 is 3.67. The number of rotatable bonds is 5. The van der Waals surface area contributed by atoms with Crippen molar-refractivity contribution in [1.82, 2.24) is 9.88 Å². The summed E-state index contributed by atoms with van der Waals surface area (Å²) in [6, 6.07) is 17.6. The highest BCUT2D eigenvalue weighted by atomic mass is 32.2. The third kappa shape index (κ3) is 3.63. The van der Waals surface area contributed by atoms with E-state index in [4.69, 9.17) is 4.99 Å². The van der Waals surface area contributed by atoms with Crippen molar-refractivity contribution in [3.63, 3.8) is 0 Å². The monoisotopic (exact) mass is 408 g/mol. The molecule has 3 aromatic rings. The molecule has 2 atom stereocenters. The van der Waals surface area contributed by atoms with Crippen molar-refractivity contribution in [3.8, 4) is 0 Å². The van der Waals surface area contributed by atoms with E-state index in [9.17, 15) is 0 Å². The Bertz CT molecular complexity index is 962. The molecule has 4 nitrogen and oxygen atoms in total. The lowest BCUT2D eigenvalue weighted by atomic mass is 10.1. The molecule has 1 N–H and O–H groups in total. The van der Waals surface area contributed by atoms with E-state index >= 15 is 0 Å². The molecule has 1 aliphatic carbocycles. The Hall–Kier alpha value is -2.05. The molecule has 1 aliphatic heterocycles. The Morgan fingerprint density at radius 3 is 2.82 bits per heavy atom. The number of para-hydroxylation sites is 1. The maximum absolute atomic E-state index is 4.90. The van der Waals surface area contributed by atoms with Crippen LogP contribution < -0.4 is 5.32 Å². The van der Waals surface area contributed by atoms with Crippen molar-refractivity contribution in [2.45, 2.75) is 37.0 Å². The minimum atomic E-state index is 0.691.